The Hall–Kier alpha value is -1.85. The fourth-order valence-corrected chi connectivity index (χ4v) is 2.01. The van der Waals surface area contributed by atoms with Crippen molar-refractivity contribution in [2.45, 2.75) is 12.5 Å². The highest BCUT2D eigenvalue weighted by Crippen LogP contribution is 2.16. The summed E-state index contributed by atoms with van der Waals surface area (Å²) < 4.78 is 0. The predicted molar refractivity (Wildman–Crippen MR) is 68.7 cm³/mol. The lowest BCUT2D eigenvalue weighted by Crippen LogP contribution is -2.33. The minimum Gasteiger partial charge on any atom is -0.480 e. The Kier molecular flexibility index (Phi) is 3.64. The summed E-state index contributed by atoms with van der Waals surface area (Å²) in [5.74, 6) is -1.06. The van der Waals surface area contributed by atoms with Crippen molar-refractivity contribution in [3.05, 3.63) is 46.2 Å². The molecule has 1 atom stereocenters. The summed E-state index contributed by atoms with van der Waals surface area (Å²) in [5.41, 5.74) is 1.07. The first-order valence-corrected chi connectivity index (χ1v) is 5.69. The van der Waals surface area contributed by atoms with Crippen LogP contribution in [0.1, 0.15) is 5.56 Å². The highest BCUT2D eigenvalue weighted by molar-refractivity contribution is 6.14. The van der Waals surface area contributed by atoms with Crippen molar-refractivity contribution in [2.75, 3.05) is 0 Å². The molecule has 0 fully saturated rings. The summed E-state index contributed by atoms with van der Waals surface area (Å²) in [7, 11) is 0. The summed E-state index contributed by atoms with van der Waals surface area (Å²) >= 11 is 5.39. The maximum absolute atomic E-state index is 11.5. The number of halogens is 1. The molecule has 6 heteroatoms. The number of nitrogens with one attached hydrogen (secondary N) is 2. The molecule has 0 bridgehead atoms. The summed E-state index contributed by atoms with van der Waals surface area (Å²) in [6, 6.07) is 7.69. The molecule has 3 N–H and O–H groups in total. The van der Waals surface area contributed by atoms with Gasteiger partial charge in [-0.1, -0.05) is 18.2 Å². The van der Waals surface area contributed by atoms with Crippen molar-refractivity contribution >= 4 is 28.6 Å². The molecule has 1 unspecified atom stereocenters. The maximum Gasteiger partial charge on any atom is 0.322 e. The van der Waals surface area contributed by atoms with E-state index in [0.717, 1.165) is 5.39 Å². The van der Waals surface area contributed by atoms with E-state index in [0.29, 0.717) is 11.1 Å². The molecule has 1 aromatic carbocycles. The zero-order chi connectivity index (χ0) is 13.1. The molecule has 0 radical (unpaired) electrons. The van der Waals surface area contributed by atoms with Gasteiger partial charge in [-0.15, -0.1) is 0 Å². The molecule has 0 aliphatic heterocycles. The number of H-pyrrole nitrogens is 1. The number of para-hydroxylation sites is 1. The van der Waals surface area contributed by atoms with E-state index in [9.17, 15) is 9.59 Å². The monoisotopic (exact) mass is 266 g/mol. The molecular formula is C12H11ClN2O3. The third kappa shape index (κ3) is 2.52. The lowest BCUT2D eigenvalue weighted by atomic mass is 10.0. The Bertz CT molecular complexity index is 639. The molecular weight excluding hydrogens is 256 g/mol. The smallest absolute Gasteiger partial charge is 0.322 e. The number of benzene rings is 1. The van der Waals surface area contributed by atoms with E-state index in [2.05, 4.69) is 9.82 Å². The normalized spacial score (nSPS) is 12.5. The van der Waals surface area contributed by atoms with Crippen LogP contribution in [0.5, 0.6) is 0 Å². The van der Waals surface area contributed by atoms with Crippen LogP contribution < -0.4 is 10.4 Å². The number of aliphatic carboxylic acids is 1. The number of aromatic amines is 1. The number of rotatable bonds is 4. The van der Waals surface area contributed by atoms with Gasteiger partial charge >= 0.3 is 5.97 Å². The van der Waals surface area contributed by atoms with Crippen molar-refractivity contribution in [3.8, 4) is 0 Å². The van der Waals surface area contributed by atoms with Gasteiger partial charge in [0.25, 0.3) is 0 Å². The second-order valence-corrected chi connectivity index (χ2v) is 4.13. The number of carboxylic acids is 1. The van der Waals surface area contributed by atoms with Crippen molar-refractivity contribution < 1.29 is 9.90 Å². The van der Waals surface area contributed by atoms with Gasteiger partial charge in [-0.25, -0.2) is 4.84 Å². The minimum absolute atomic E-state index is 0.142. The van der Waals surface area contributed by atoms with Gasteiger partial charge in [0.2, 0.25) is 5.56 Å². The van der Waals surface area contributed by atoms with Gasteiger partial charge in [0.15, 0.2) is 0 Å². The molecule has 1 heterocycles. The lowest BCUT2D eigenvalue weighted by Gasteiger charge is -2.11. The summed E-state index contributed by atoms with van der Waals surface area (Å²) in [5, 5.41) is 9.76. The van der Waals surface area contributed by atoms with E-state index in [1.807, 2.05) is 12.1 Å². The molecule has 5 nitrogen and oxygen atoms in total. The van der Waals surface area contributed by atoms with Gasteiger partial charge in [0, 0.05) is 23.4 Å². The molecule has 0 saturated carbocycles. The number of fused-ring (bicyclic) bond motifs is 1. The number of carbonyl (C=O) groups is 1. The maximum atomic E-state index is 11.5. The van der Waals surface area contributed by atoms with E-state index in [4.69, 9.17) is 16.9 Å². The van der Waals surface area contributed by atoms with Crippen LogP contribution >= 0.6 is 11.8 Å². The molecule has 18 heavy (non-hydrogen) atoms. The van der Waals surface area contributed by atoms with Crippen molar-refractivity contribution in [1.82, 2.24) is 9.82 Å². The Labute approximate surface area is 108 Å². The highest BCUT2D eigenvalue weighted by Gasteiger charge is 2.18. The average molecular weight is 267 g/mol. The van der Waals surface area contributed by atoms with Crippen LogP contribution in [0.3, 0.4) is 0 Å². The fourth-order valence-electron chi connectivity index (χ4n) is 1.84. The Morgan fingerprint density at radius 3 is 2.83 bits per heavy atom. The first-order valence-electron chi connectivity index (χ1n) is 5.31. The van der Waals surface area contributed by atoms with E-state index in [-0.39, 0.29) is 12.0 Å². The second kappa shape index (κ2) is 5.20. The molecule has 0 aliphatic carbocycles. The van der Waals surface area contributed by atoms with Crippen LogP contribution in [0, 0.1) is 0 Å². The highest BCUT2D eigenvalue weighted by atomic mass is 35.5. The molecule has 2 rings (SSSR count). The molecule has 1 aromatic heterocycles. The topological polar surface area (TPSA) is 82.2 Å². The summed E-state index contributed by atoms with van der Waals surface area (Å²) in [6.07, 6.45) is 0.142. The number of hydrogen-bond donors (Lipinski definition) is 3. The second-order valence-electron chi connectivity index (χ2n) is 3.91. The van der Waals surface area contributed by atoms with Gasteiger partial charge < -0.3 is 10.1 Å². The van der Waals surface area contributed by atoms with E-state index in [1.54, 1.807) is 12.1 Å². The van der Waals surface area contributed by atoms with Crippen LogP contribution in [-0.2, 0) is 11.2 Å². The predicted octanol–water partition coefficient (Wildman–Crippen LogP) is 1.27. The number of aromatic nitrogens is 1. The molecule has 0 spiro atoms. The first kappa shape index (κ1) is 12.6. The number of carboxylic acid groups (broad SMARTS) is 1. The third-order valence-electron chi connectivity index (χ3n) is 2.69. The van der Waals surface area contributed by atoms with Gasteiger partial charge in [-0.05, 0) is 23.4 Å². The van der Waals surface area contributed by atoms with E-state index < -0.39 is 12.0 Å². The lowest BCUT2D eigenvalue weighted by molar-refractivity contribution is -0.138. The number of hydrogen-bond acceptors (Lipinski definition) is 3. The van der Waals surface area contributed by atoms with Gasteiger partial charge in [0.1, 0.15) is 6.04 Å². The fraction of sp³-hybridized carbons (Fsp3) is 0.167. The van der Waals surface area contributed by atoms with Crippen molar-refractivity contribution in [2.24, 2.45) is 0 Å². The SMILES string of the molecule is O=C(O)C(Cc1cc(=O)[nH]c2ccccc12)NCl. The number of pyridine rings is 1. The molecule has 94 valence electrons. The van der Waals surface area contributed by atoms with Crippen molar-refractivity contribution in [1.29, 1.82) is 0 Å². The Morgan fingerprint density at radius 2 is 2.17 bits per heavy atom. The zero-order valence-electron chi connectivity index (χ0n) is 9.31. The van der Waals surface area contributed by atoms with Crippen LogP contribution in [0.4, 0.5) is 0 Å². The zero-order valence-corrected chi connectivity index (χ0v) is 10.1. The van der Waals surface area contributed by atoms with Crippen molar-refractivity contribution in [3.63, 3.8) is 0 Å². The van der Waals surface area contributed by atoms with Crippen LogP contribution in [0.2, 0.25) is 0 Å². The average Bonchev–Trinajstić information content (AvgIpc) is 2.35. The summed E-state index contributed by atoms with van der Waals surface area (Å²) in [4.78, 5) is 27.3. The van der Waals surface area contributed by atoms with Gasteiger partial charge in [-0.3, -0.25) is 9.59 Å². The van der Waals surface area contributed by atoms with E-state index >= 15 is 0 Å². The molecule has 0 amide bonds. The molecule has 2 aromatic rings. The third-order valence-corrected chi connectivity index (χ3v) is 2.95. The quantitative estimate of drug-likeness (QED) is 0.728. The van der Waals surface area contributed by atoms with Crippen LogP contribution in [0.25, 0.3) is 10.9 Å². The first-order chi connectivity index (χ1) is 8.61. The van der Waals surface area contributed by atoms with Gasteiger partial charge in [0.05, 0.1) is 0 Å². The minimum atomic E-state index is -1.06. The van der Waals surface area contributed by atoms with E-state index in [1.165, 1.54) is 6.07 Å². The Balaban J connectivity index is 2.50. The Morgan fingerprint density at radius 1 is 1.44 bits per heavy atom. The largest absolute Gasteiger partial charge is 0.480 e. The molecule has 0 aliphatic rings. The standard InChI is InChI=1S/C12H11ClN2O3/c13-15-10(12(17)18)5-7-6-11(16)14-9-4-2-1-3-8(7)9/h1-4,6,10,15H,5H2,(H,14,16)(H,17,18). The van der Waals surface area contributed by atoms with Gasteiger partial charge in [-0.2, -0.15) is 0 Å². The summed E-state index contributed by atoms with van der Waals surface area (Å²) in [6.45, 7) is 0. The van der Waals surface area contributed by atoms with Crippen LogP contribution in [0.15, 0.2) is 35.1 Å². The molecule has 0 saturated heterocycles. The van der Waals surface area contributed by atoms with Crippen LogP contribution in [-0.4, -0.2) is 22.1 Å².